The van der Waals surface area contributed by atoms with Crippen LogP contribution in [0.1, 0.15) is 116 Å². The van der Waals surface area contributed by atoms with Crippen LogP contribution in [-0.4, -0.2) is 12.5 Å². The maximum Gasteiger partial charge on any atom is 0.226 e. The van der Waals surface area contributed by atoms with Crippen LogP contribution in [0, 0.1) is 17.8 Å². The zero-order chi connectivity index (χ0) is 34.1. The second-order valence-electron chi connectivity index (χ2n) is 18.3. The van der Waals surface area contributed by atoms with Crippen LogP contribution in [0.5, 0.6) is 0 Å². The first-order valence-electron chi connectivity index (χ1n) is 19.2. The SMILES string of the molecule is CC(C)(C)c1ccccc1-c1cc(C23CC4CC(CC(C4)C2)C3)cc(-c2ccccc2C(C)(C)C)c1-c1ccc(N2CCCCC2=O)cc1. The first kappa shape index (κ1) is 32.5. The van der Waals surface area contributed by atoms with E-state index in [9.17, 15) is 4.79 Å². The molecule has 254 valence electrons. The van der Waals surface area contributed by atoms with Gasteiger partial charge in [-0.25, -0.2) is 0 Å². The maximum absolute atomic E-state index is 12.9. The van der Waals surface area contributed by atoms with Gasteiger partial charge in [0.15, 0.2) is 0 Å². The molecule has 4 aromatic carbocycles. The van der Waals surface area contributed by atoms with Crippen molar-refractivity contribution in [1.29, 1.82) is 0 Å². The number of amides is 1. The normalized spacial score (nSPS) is 25.2. The van der Waals surface area contributed by atoms with Gasteiger partial charge in [-0.2, -0.15) is 0 Å². The van der Waals surface area contributed by atoms with Gasteiger partial charge in [0.2, 0.25) is 5.91 Å². The van der Waals surface area contributed by atoms with Crippen molar-refractivity contribution in [2.45, 2.75) is 116 Å². The number of nitrogens with zero attached hydrogens (tertiary/aromatic N) is 1. The highest BCUT2D eigenvalue weighted by molar-refractivity contribution is 5.98. The molecule has 1 aliphatic heterocycles. The number of benzene rings is 4. The Morgan fingerprint density at radius 3 is 1.57 bits per heavy atom. The van der Waals surface area contributed by atoms with E-state index in [4.69, 9.17) is 0 Å². The van der Waals surface area contributed by atoms with Gasteiger partial charge in [0.1, 0.15) is 0 Å². The summed E-state index contributed by atoms with van der Waals surface area (Å²) < 4.78 is 0. The van der Waals surface area contributed by atoms with Crippen LogP contribution in [0.25, 0.3) is 33.4 Å². The molecule has 0 unspecified atom stereocenters. The van der Waals surface area contributed by atoms with Crippen molar-refractivity contribution in [1.82, 2.24) is 0 Å². The van der Waals surface area contributed by atoms with Gasteiger partial charge in [0.05, 0.1) is 0 Å². The van der Waals surface area contributed by atoms with E-state index in [0.29, 0.717) is 6.42 Å². The lowest BCUT2D eigenvalue weighted by molar-refractivity contribution is -0.119. The summed E-state index contributed by atoms with van der Waals surface area (Å²) in [5.41, 5.74) is 13.6. The lowest BCUT2D eigenvalue weighted by Gasteiger charge is -2.57. The van der Waals surface area contributed by atoms with Crippen molar-refractivity contribution in [3.63, 3.8) is 0 Å². The largest absolute Gasteiger partial charge is 0.312 e. The molecule has 9 rings (SSSR count). The molecule has 1 heterocycles. The summed E-state index contributed by atoms with van der Waals surface area (Å²) in [7, 11) is 0. The van der Waals surface area contributed by atoms with E-state index in [-0.39, 0.29) is 22.2 Å². The predicted molar refractivity (Wildman–Crippen MR) is 206 cm³/mol. The smallest absolute Gasteiger partial charge is 0.226 e. The fourth-order valence-corrected chi connectivity index (χ4v) is 10.8. The third-order valence-electron chi connectivity index (χ3n) is 12.6. The molecular formula is C47H55NO. The van der Waals surface area contributed by atoms with Gasteiger partial charge in [-0.15, -0.1) is 0 Å². The average Bonchev–Trinajstić information content (AvgIpc) is 3.07. The van der Waals surface area contributed by atoms with Crippen LogP contribution in [0.4, 0.5) is 5.69 Å². The number of rotatable bonds is 5. The van der Waals surface area contributed by atoms with Crippen LogP contribution < -0.4 is 4.90 Å². The molecule has 1 amide bonds. The van der Waals surface area contributed by atoms with Crippen LogP contribution in [0.3, 0.4) is 0 Å². The summed E-state index contributed by atoms with van der Waals surface area (Å²) in [5, 5.41) is 0. The molecule has 0 N–H and O–H groups in total. The van der Waals surface area contributed by atoms with E-state index in [2.05, 4.69) is 126 Å². The molecule has 0 radical (unpaired) electrons. The number of carbonyl (C=O) groups is 1. The minimum Gasteiger partial charge on any atom is -0.312 e. The van der Waals surface area contributed by atoms with Gasteiger partial charge in [0, 0.05) is 18.7 Å². The van der Waals surface area contributed by atoms with Crippen molar-refractivity contribution in [3.8, 4) is 33.4 Å². The minimum atomic E-state index is -0.00742. The molecule has 0 atom stereocenters. The van der Waals surface area contributed by atoms with Gasteiger partial charge >= 0.3 is 0 Å². The lowest BCUT2D eigenvalue weighted by atomic mass is 9.48. The highest BCUT2D eigenvalue weighted by atomic mass is 16.2. The summed E-state index contributed by atoms with van der Waals surface area (Å²) in [6.45, 7) is 14.9. The van der Waals surface area contributed by atoms with Crippen molar-refractivity contribution >= 4 is 11.6 Å². The fraction of sp³-hybridized carbons (Fsp3) is 0.468. The molecule has 4 saturated carbocycles. The molecule has 0 spiro atoms. The maximum atomic E-state index is 12.9. The summed E-state index contributed by atoms with van der Waals surface area (Å²) >= 11 is 0. The van der Waals surface area contributed by atoms with Gasteiger partial charge in [0.25, 0.3) is 0 Å². The molecule has 0 aromatic heterocycles. The lowest BCUT2D eigenvalue weighted by Crippen LogP contribution is -2.48. The molecule has 5 fully saturated rings. The number of hydrogen-bond acceptors (Lipinski definition) is 1. The number of anilines is 1. The number of carbonyl (C=O) groups excluding carboxylic acids is 1. The molecule has 1 saturated heterocycles. The second kappa shape index (κ2) is 12.0. The van der Waals surface area contributed by atoms with E-state index in [1.54, 1.807) is 5.56 Å². The van der Waals surface area contributed by atoms with Crippen molar-refractivity contribution in [2.75, 3.05) is 11.4 Å². The van der Waals surface area contributed by atoms with Crippen LogP contribution in [0.2, 0.25) is 0 Å². The summed E-state index contributed by atoms with van der Waals surface area (Å²) in [6, 6.07) is 32.7. The Kier molecular flexibility index (Phi) is 7.97. The van der Waals surface area contributed by atoms with E-state index in [1.807, 2.05) is 4.90 Å². The third kappa shape index (κ3) is 5.88. The Morgan fingerprint density at radius 2 is 1.10 bits per heavy atom. The Bertz CT molecular complexity index is 1770. The highest BCUT2D eigenvalue weighted by Crippen LogP contribution is 2.62. The van der Waals surface area contributed by atoms with Gasteiger partial charge in [-0.1, -0.05) is 102 Å². The van der Waals surface area contributed by atoms with Crippen molar-refractivity contribution < 1.29 is 4.79 Å². The van der Waals surface area contributed by atoms with Crippen molar-refractivity contribution in [2.24, 2.45) is 17.8 Å². The van der Waals surface area contributed by atoms with E-state index in [0.717, 1.165) is 42.8 Å². The zero-order valence-electron chi connectivity index (χ0n) is 30.7. The number of piperidine rings is 1. The third-order valence-corrected chi connectivity index (χ3v) is 12.6. The number of hydrogen-bond donors (Lipinski definition) is 0. The van der Waals surface area contributed by atoms with E-state index in [1.165, 1.54) is 83.0 Å². The molecule has 4 aromatic rings. The molecule has 5 aliphatic rings. The molecular weight excluding hydrogens is 595 g/mol. The van der Waals surface area contributed by atoms with Crippen LogP contribution in [0.15, 0.2) is 84.9 Å². The topological polar surface area (TPSA) is 20.3 Å². The van der Waals surface area contributed by atoms with E-state index < -0.39 is 0 Å². The second-order valence-corrected chi connectivity index (χ2v) is 18.3. The van der Waals surface area contributed by atoms with E-state index >= 15 is 0 Å². The Balaban J connectivity index is 1.42. The quantitative estimate of drug-likeness (QED) is 0.211. The monoisotopic (exact) mass is 649 g/mol. The molecule has 4 bridgehead atoms. The first-order chi connectivity index (χ1) is 23.4. The average molecular weight is 650 g/mol. The minimum absolute atomic E-state index is 0.00742. The molecule has 49 heavy (non-hydrogen) atoms. The van der Waals surface area contributed by atoms with Gasteiger partial charge in [-0.05, 0) is 160 Å². The van der Waals surface area contributed by atoms with Crippen molar-refractivity contribution in [3.05, 3.63) is 102 Å². The Labute approximate surface area is 295 Å². The Morgan fingerprint density at radius 1 is 0.612 bits per heavy atom. The molecule has 2 heteroatoms. The van der Waals surface area contributed by atoms with Gasteiger partial charge in [-0.3, -0.25) is 4.79 Å². The first-order valence-corrected chi connectivity index (χ1v) is 19.2. The fourth-order valence-electron chi connectivity index (χ4n) is 10.8. The zero-order valence-corrected chi connectivity index (χ0v) is 30.7. The molecule has 4 aliphatic carbocycles. The summed E-state index contributed by atoms with van der Waals surface area (Å²) in [4.78, 5) is 14.9. The standard InChI is InChI=1S/C47H55NO/c1-45(2,3)41-15-9-7-13-37(41)39-26-35(47-28-31-23-32(29-47)25-33(24-31)30-47)27-40(38-14-8-10-16-42(38)46(4,5)6)44(39)34-18-20-36(21-19-34)48-22-12-11-17-43(48)49/h7-10,13-16,18-21,26-27,31-33H,11-12,17,22-25,28-30H2,1-6H3. The predicted octanol–water partition coefficient (Wildman–Crippen LogP) is 12.3. The van der Waals surface area contributed by atoms with Crippen LogP contribution >= 0.6 is 0 Å². The summed E-state index contributed by atoms with van der Waals surface area (Å²) in [5.74, 6) is 2.89. The van der Waals surface area contributed by atoms with Crippen LogP contribution in [-0.2, 0) is 21.0 Å². The Hall–Kier alpha value is -3.65. The summed E-state index contributed by atoms with van der Waals surface area (Å²) in [6.07, 6.45) is 11.1. The van der Waals surface area contributed by atoms with Gasteiger partial charge < -0.3 is 4.90 Å². The highest BCUT2D eigenvalue weighted by Gasteiger charge is 2.52. The molecule has 2 nitrogen and oxygen atoms in total.